The maximum atomic E-state index is 5.04. The Morgan fingerprint density at radius 3 is 2.89 bits per heavy atom. The van der Waals surface area contributed by atoms with Crippen LogP contribution in [0.25, 0.3) is 0 Å². The van der Waals surface area contributed by atoms with Gasteiger partial charge in [-0.05, 0) is 19.1 Å². The van der Waals surface area contributed by atoms with E-state index in [1.807, 2.05) is 12.3 Å². The topological polar surface area (TPSA) is 47.0 Å². The average molecular weight is 287 g/mol. The smallest absolute Gasteiger partial charge is 0.190 e. The van der Waals surface area contributed by atoms with Gasteiger partial charge >= 0.3 is 0 Å². The third-order valence-electron chi connectivity index (χ3n) is 2.16. The number of nitrogens with zero attached hydrogens (tertiary/aromatic N) is 2. The van der Waals surface area contributed by atoms with Gasteiger partial charge in [-0.1, -0.05) is 18.7 Å². The first-order valence-corrected chi connectivity index (χ1v) is 8.29. The van der Waals surface area contributed by atoms with Gasteiger partial charge in [0, 0.05) is 32.1 Å². The summed E-state index contributed by atoms with van der Waals surface area (Å²) in [6.07, 6.45) is 4.13. The summed E-state index contributed by atoms with van der Waals surface area (Å²) in [7, 11) is 1.73. The van der Waals surface area contributed by atoms with Crippen LogP contribution in [-0.4, -0.2) is 42.2 Å². The highest BCUT2D eigenvalue weighted by Crippen LogP contribution is 2.22. The van der Waals surface area contributed by atoms with Crippen LogP contribution in [-0.2, 0) is 4.74 Å². The van der Waals surface area contributed by atoms with Crippen LogP contribution in [0.3, 0.4) is 0 Å². The molecular formula is C12H21N3OS2. The Balaban J connectivity index is 2.58. The lowest BCUT2D eigenvalue weighted by Crippen LogP contribution is -2.04. The Morgan fingerprint density at radius 2 is 2.22 bits per heavy atom. The van der Waals surface area contributed by atoms with Crippen molar-refractivity contribution < 1.29 is 4.74 Å². The molecule has 0 fully saturated rings. The third-order valence-corrected chi connectivity index (χ3v) is 3.71. The van der Waals surface area contributed by atoms with Gasteiger partial charge in [0.25, 0.3) is 0 Å². The Kier molecular flexibility index (Phi) is 8.20. The molecule has 0 atom stereocenters. The molecule has 0 aromatic carbocycles. The number of anilines is 1. The molecule has 0 aliphatic rings. The molecule has 0 saturated carbocycles. The minimum atomic E-state index is 0.800. The molecule has 4 nitrogen and oxygen atoms in total. The van der Waals surface area contributed by atoms with Crippen molar-refractivity contribution in [2.75, 3.05) is 37.6 Å². The van der Waals surface area contributed by atoms with Crippen molar-refractivity contribution >= 4 is 29.3 Å². The molecule has 0 aliphatic carbocycles. The molecule has 0 saturated heterocycles. The van der Waals surface area contributed by atoms with Gasteiger partial charge in [-0.25, -0.2) is 9.97 Å². The number of ether oxygens (including phenoxy) is 1. The molecule has 1 aromatic heterocycles. The van der Waals surface area contributed by atoms with Crippen molar-refractivity contribution in [3.05, 3.63) is 6.07 Å². The highest BCUT2D eigenvalue weighted by molar-refractivity contribution is 7.99. The first-order chi connectivity index (χ1) is 8.80. The van der Waals surface area contributed by atoms with Gasteiger partial charge in [-0.2, -0.15) is 0 Å². The minimum absolute atomic E-state index is 0.800. The van der Waals surface area contributed by atoms with E-state index in [0.717, 1.165) is 47.7 Å². The first-order valence-electron chi connectivity index (χ1n) is 6.08. The number of hydrogen-bond acceptors (Lipinski definition) is 6. The maximum absolute atomic E-state index is 5.04. The lowest BCUT2D eigenvalue weighted by atomic mass is 10.4. The van der Waals surface area contributed by atoms with Gasteiger partial charge in [0.15, 0.2) is 5.16 Å². The predicted molar refractivity (Wildman–Crippen MR) is 79.8 cm³/mol. The number of thioether (sulfide) groups is 2. The van der Waals surface area contributed by atoms with Crippen LogP contribution >= 0.6 is 23.5 Å². The second-order valence-electron chi connectivity index (χ2n) is 3.70. The minimum Gasteiger partial charge on any atom is -0.385 e. The van der Waals surface area contributed by atoms with E-state index in [2.05, 4.69) is 22.2 Å². The molecule has 0 aliphatic heterocycles. The number of nitrogens with one attached hydrogen (secondary N) is 1. The van der Waals surface area contributed by atoms with Crippen LogP contribution in [0.1, 0.15) is 19.8 Å². The van der Waals surface area contributed by atoms with E-state index in [1.165, 1.54) is 0 Å². The molecule has 0 bridgehead atoms. The zero-order valence-corrected chi connectivity index (χ0v) is 12.9. The average Bonchev–Trinajstić information content (AvgIpc) is 2.41. The molecule has 0 radical (unpaired) electrons. The van der Waals surface area contributed by atoms with E-state index >= 15 is 0 Å². The van der Waals surface area contributed by atoms with E-state index in [1.54, 1.807) is 30.6 Å². The van der Waals surface area contributed by atoms with Crippen molar-refractivity contribution in [2.24, 2.45) is 0 Å². The molecule has 102 valence electrons. The van der Waals surface area contributed by atoms with Gasteiger partial charge in [0.1, 0.15) is 10.8 Å². The second-order valence-corrected chi connectivity index (χ2v) is 5.59. The van der Waals surface area contributed by atoms with Gasteiger partial charge in [0.2, 0.25) is 0 Å². The summed E-state index contributed by atoms with van der Waals surface area (Å²) in [5.74, 6) is 1.94. The van der Waals surface area contributed by atoms with Crippen molar-refractivity contribution in [1.82, 2.24) is 9.97 Å². The number of hydrogen-bond donors (Lipinski definition) is 1. The quantitative estimate of drug-likeness (QED) is 0.326. The van der Waals surface area contributed by atoms with E-state index in [-0.39, 0.29) is 0 Å². The molecule has 1 rings (SSSR count). The summed E-state index contributed by atoms with van der Waals surface area (Å²) in [6.45, 7) is 3.89. The SMILES string of the molecule is CCCNc1cc(SCCCOC)nc(SC)n1. The van der Waals surface area contributed by atoms with Crippen LogP contribution in [0.2, 0.25) is 0 Å². The van der Waals surface area contributed by atoms with Gasteiger partial charge in [0.05, 0.1) is 0 Å². The van der Waals surface area contributed by atoms with Crippen molar-refractivity contribution in [3.8, 4) is 0 Å². The maximum Gasteiger partial charge on any atom is 0.190 e. The summed E-state index contributed by atoms with van der Waals surface area (Å²) in [5, 5.41) is 5.16. The molecule has 6 heteroatoms. The second kappa shape index (κ2) is 9.47. The predicted octanol–water partition coefficient (Wildman–Crippen LogP) is 3.15. The van der Waals surface area contributed by atoms with Gasteiger partial charge in [-0.3, -0.25) is 0 Å². The fourth-order valence-corrected chi connectivity index (χ4v) is 2.55. The molecule has 0 amide bonds. The number of aromatic nitrogens is 2. The molecule has 0 unspecified atom stereocenters. The Hall–Kier alpha value is -0.460. The molecule has 1 aromatic rings. The van der Waals surface area contributed by atoms with E-state index in [4.69, 9.17) is 4.74 Å². The Morgan fingerprint density at radius 1 is 1.39 bits per heavy atom. The lowest BCUT2D eigenvalue weighted by molar-refractivity contribution is 0.200. The van der Waals surface area contributed by atoms with E-state index in [0.29, 0.717) is 0 Å². The van der Waals surface area contributed by atoms with Crippen LogP contribution in [0.4, 0.5) is 5.82 Å². The molecule has 1 heterocycles. The summed E-state index contributed by atoms with van der Waals surface area (Å²) in [6, 6.07) is 2.02. The normalized spacial score (nSPS) is 10.6. The summed E-state index contributed by atoms with van der Waals surface area (Å²) < 4.78 is 5.04. The van der Waals surface area contributed by atoms with E-state index in [9.17, 15) is 0 Å². The van der Waals surface area contributed by atoms with Gasteiger partial charge < -0.3 is 10.1 Å². The Bertz CT molecular complexity index is 350. The van der Waals surface area contributed by atoms with Gasteiger partial charge in [-0.15, -0.1) is 11.8 Å². The van der Waals surface area contributed by atoms with Crippen molar-refractivity contribution in [1.29, 1.82) is 0 Å². The molecule has 0 spiro atoms. The molecular weight excluding hydrogens is 266 g/mol. The monoisotopic (exact) mass is 287 g/mol. The van der Waals surface area contributed by atoms with Crippen LogP contribution in [0.5, 0.6) is 0 Å². The largest absolute Gasteiger partial charge is 0.385 e. The summed E-state index contributed by atoms with van der Waals surface area (Å²) in [4.78, 5) is 8.93. The Labute approximate surface area is 118 Å². The van der Waals surface area contributed by atoms with Crippen LogP contribution in [0.15, 0.2) is 16.2 Å². The third kappa shape index (κ3) is 5.93. The molecule has 1 N–H and O–H groups in total. The number of methoxy groups -OCH3 is 1. The van der Waals surface area contributed by atoms with E-state index < -0.39 is 0 Å². The first kappa shape index (κ1) is 15.6. The summed E-state index contributed by atoms with van der Waals surface area (Å²) in [5.41, 5.74) is 0. The fraction of sp³-hybridized carbons (Fsp3) is 0.667. The van der Waals surface area contributed by atoms with Crippen molar-refractivity contribution in [2.45, 2.75) is 29.9 Å². The number of rotatable bonds is 9. The summed E-state index contributed by atoms with van der Waals surface area (Å²) >= 11 is 3.33. The van der Waals surface area contributed by atoms with Crippen molar-refractivity contribution in [3.63, 3.8) is 0 Å². The molecule has 18 heavy (non-hydrogen) atoms. The lowest BCUT2D eigenvalue weighted by Gasteiger charge is -2.08. The highest BCUT2D eigenvalue weighted by Gasteiger charge is 2.04. The zero-order chi connectivity index (χ0) is 13.2. The highest BCUT2D eigenvalue weighted by atomic mass is 32.2. The standard InChI is InChI=1S/C12H21N3OS2/c1-4-6-13-10-9-11(15-12(14-10)17-3)18-8-5-7-16-2/h9H,4-8H2,1-3H3,(H,13,14,15). The fourth-order valence-electron chi connectivity index (χ4n) is 1.29. The van der Waals surface area contributed by atoms with Crippen LogP contribution in [0, 0.1) is 0 Å². The zero-order valence-electron chi connectivity index (χ0n) is 11.2. The van der Waals surface area contributed by atoms with Crippen LogP contribution < -0.4 is 5.32 Å².